The predicted octanol–water partition coefficient (Wildman–Crippen LogP) is 3.72. The maximum Gasteiger partial charge on any atom is 0.254 e. The van der Waals surface area contributed by atoms with E-state index in [0.29, 0.717) is 12.1 Å². The summed E-state index contributed by atoms with van der Waals surface area (Å²) in [5.74, 6) is -0.132. The van der Waals surface area contributed by atoms with Crippen molar-refractivity contribution in [2.45, 2.75) is 6.54 Å². The summed E-state index contributed by atoms with van der Waals surface area (Å²) < 4.78 is 0. The van der Waals surface area contributed by atoms with Crippen molar-refractivity contribution in [3.8, 4) is 0 Å². The number of hydrogen-bond donors (Lipinski definition) is 0. The quantitative estimate of drug-likeness (QED) is 0.809. The Bertz CT molecular complexity index is 537. The number of amides is 1. The molecule has 0 bridgehead atoms. The number of rotatable bonds is 3. The van der Waals surface area contributed by atoms with Crippen LogP contribution in [0, 0.1) is 0 Å². The third kappa shape index (κ3) is 3.22. The lowest BCUT2D eigenvalue weighted by molar-refractivity contribution is 0.0785. The summed E-state index contributed by atoms with van der Waals surface area (Å²) in [5, 5.41) is 4.42. The van der Waals surface area contributed by atoms with Crippen LogP contribution < -0.4 is 0 Å². The molecule has 0 atom stereocenters. The van der Waals surface area contributed by atoms with Gasteiger partial charge in [-0.1, -0.05) is 23.2 Å². The van der Waals surface area contributed by atoms with Crippen molar-refractivity contribution in [3.05, 3.63) is 50.4 Å². The van der Waals surface area contributed by atoms with E-state index in [1.54, 1.807) is 23.3 Å². The first-order chi connectivity index (χ1) is 8.56. The van der Waals surface area contributed by atoms with Crippen LogP contribution in [0.25, 0.3) is 0 Å². The lowest BCUT2D eigenvalue weighted by Gasteiger charge is -2.16. The molecule has 94 valence electrons. The van der Waals surface area contributed by atoms with Gasteiger partial charge in [0.1, 0.15) is 10.3 Å². The highest BCUT2D eigenvalue weighted by Gasteiger charge is 2.14. The van der Waals surface area contributed by atoms with E-state index in [1.165, 1.54) is 12.1 Å². The summed E-state index contributed by atoms with van der Waals surface area (Å²) in [6.45, 7) is 0.555. The van der Waals surface area contributed by atoms with Gasteiger partial charge in [0.15, 0.2) is 0 Å². The van der Waals surface area contributed by atoms with Crippen LogP contribution in [-0.4, -0.2) is 22.8 Å². The molecular formula is C12H10Cl2N2OS. The molecule has 2 aromatic heterocycles. The summed E-state index contributed by atoms with van der Waals surface area (Å²) in [6.07, 6.45) is 0. The molecule has 0 fully saturated rings. The number of carbonyl (C=O) groups excluding carboxylic acids is 1. The number of nitrogens with zero attached hydrogens (tertiary/aromatic N) is 2. The van der Waals surface area contributed by atoms with Crippen LogP contribution in [0.3, 0.4) is 0 Å². The molecule has 2 rings (SSSR count). The van der Waals surface area contributed by atoms with Gasteiger partial charge in [-0.3, -0.25) is 4.79 Å². The maximum absolute atomic E-state index is 12.2. The van der Waals surface area contributed by atoms with Crippen LogP contribution in [0.4, 0.5) is 0 Å². The number of halogens is 2. The van der Waals surface area contributed by atoms with E-state index in [0.717, 1.165) is 5.56 Å². The third-order valence-corrected chi connectivity index (χ3v) is 3.48. The average molecular weight is 301 g/mol. The van der Waals surface area contributed by atoms with Gasteiger partial charge in [-0.2, -0.15) is 11.3 Å². The highest BCUT2D eigenvalue weighted by atomic mass is 35.5. The van der Waals surface area contributed by atoms with Crippen molar-refractivity contribution in [2.24, 2.45) is 0 Å². The van der Waals surface area contributed by atoms with Crippen molar-refractivity contribution in [2.75, 3.05) is 7.05 Å². The Labute approximate surface area is 119 Å². The van der Waals surface area contributed by atoms with Crippen LogP contribution in [-0.2, 0) is 6.54 Å². The fourth-order valence-corrected chi connectivity index (χ4v) is 2.66. The Kier molecular flexibility index (Phi) is 4.22. The van der Waals surface area contributed by atoms with E-state index < -0.39 is 0 Å². The van der Waals surface area contributed by atoms with Gasteiger partial charge in [0.05, 0.1) is 0 Å². The molecule has 1 amide bonds. The molecule has 0 radical (unpaired) electrons. The summed E-state index contributed by atoms with van der Waals surface area (Å²) in [6, 6.07) is 5.01. The van der Waals surface area contributed by atoms with Crippen LogP contribution in [0.2, 0.25) is 10.3 Å². The first-order valence-corrected chi connectivity index (χ1v) is 6.86. The van der Waals surface area contributed by atoms with Crippen LogP contribution in [0.15, 0.2) is 29.0 Å². The molecule has 2 aromatic rings. The molecule has 2 heterocycles. The second kappa shape index (κ2) is 5.69. The van der Waals surface area contributed by atoms with Crippen molar-refractivity contribution in [1.29, 1.82) is 0 Å². The Morgan fingerprint density at radius 2 is 2.06 bits per heavy atom. The molecule has 0 aliphatic heterocycles. The van der Waals surface area contributed by atoms with Gasteiger partial charge in [0.2, 0.25) is 0 Å². The number of pyridine rings is 1. The van der Waals surface area contributed by atoms with E-state index in [9.17, 15) is 4.79 Å². The van der Waals surface area contributed by atoms with Crippen LogP contribution in [0.1, 0.15) is 15.9 Å². The highest BCUT2D eigenvalue weighted by molar-refractivity contribution is 7.07. The minimum absolute atomic E-state index is 0.132. The van der Waals surface area contributed by atoms with Gasteiger partial charge in [-0.25, -0.2) is 4.98 Å². The molecule has 0 unspecified atom stereocenters. The molecule has 6 heteroatoms. The molecule has 0 saturated carbocycles. The Balaban J connectivity index is 2.15. The lowest BCUT2D eigenvalue weighted by atomic mass is 10.2. The molecule has 0 aromatic carbocycles. The summed E-state index contributed by atoms with van der Waals surface area (Å²) in [5.41, 5.74) is 1.54. The van der Waals surface area contributed by atoms with Gasteiger partial charge >= 0.3 is 0 Å². The summed E-state index contributed by atoms with van der Waals surface area (Å²) in [4.78, 5) is 17.6. The Morgan fingerprint density at radius 3 is 2.61 bits per heavy atom. The van der Waals surface area contributed by atoms with Gasteiger partial charge in [-0.15, -0.1) is 0 Å². The SMILES string of the molecule is CN(Cc1ccsc1)C(=O)c1cc(Cl)nc(Cl)c1. The van der Waals surface area contributed by atoms with E-state index >= 15 is 0 Å². The number of hydrogen-bond acceptors (Lipinski definition) is 3. The first kappa shape index (κ1) is 13.3. The van der Waals surface area contributed by atoms with Crippen LogP contribution in [0.5, 0.6) is 0 Å². The molecule has 0 saturated heterocycles. The monoisotopic (exact) mass is 300 g/mol. The van der Waals surface area contributed by atoms with Crippen LogP contribution >= 0.6 is 34.5 Å². The minimum atomic E-state index is -0.132. The fourth-order valence-electron chi connectivity index (χ4n) is 1.54. The topological polar surface area (TPSA) is 33.2 Å². The molecule has 0 aliphatic carbocycles. The molecule has 3 nitrogen and oxygen atoms in total. The standard InChI is InChI=1S/C12H10Cl2N2OS/c1-16(6-8-2-3-18-7-8)12(17)9-4-10(13)15-11(14)5-9/h2-5,7H,6H2,1H3. The van der Waals surface area contributed by atoms with Crippen molar-refractivity contribution < 1.29 is 4.79 Å². The lowest BCUT2D eigenvalue weighted by Crippen LogP contribution is -2.26. The van der Waals surface area contributed by atoms with Crippen molar-refractivity contribution in [1.82, 2.24) is 9.88 Å². The zero-order chi connectivity index (χ0) is 13.1. The molecule has 0 N–H and O–H groups in total. The second-order valence-electron chi connectivity index (χ2n) is 3.79. The second-order valence-corrected chi connectivity index (χ2v) is 5.35. The zero-order valence-corrected chi connectivity index (χ0v) is 11.9. The van der Waals surface area contributed by atoms with E-state index in [4.69, 9.17) is 23.2 Å². The van der Waals surface area contributed by atoms with Gasteiger partial charge < -0.3 is 4.90 Å². The zero-order valence-electron chi connectivity index (χ0n) is 9.56. The van der Waals surface area contributed by atoms with Crippen molar-refractivity contribution in [3.63, 3.8) is 0 Å². The summed E-state index contributed by atoms with van der Waals surface area (Å²) >= 11 is 13.2. The maximum atomic E-state index is 12.2. The smallest absolute Gasteiger partial charge is 0.254 e. The van der Waals surface area contributed by atoms with Gasteiger partial charge in [-0.05, 0) is 34.5 Å². The average Bonchev–Trinajstić information content (AvgIpc) is 2.79. The first-order valence-electron chi connectivity index (χ1n) is 5.16. The fraction of sp³-hybridized carbons (Fsp3) is 0.167. The predicted molar refractivity (Wildman–Crippen MR) is 74.4 cm³/mol. The van der Waals surface area contributed by atoms with E-state index in [2.05, 4.69) is 4.98 Å². The number of carbonyl (C=O) groups is 1. The number of aromatic nitrogens is 1. The minimum Gasteiger partial charge on any atom is -0.337 e. The Hall–Kier alpha value is -1.10. The van der Waals surface area contributed by atoms with E-state index in [1.807, 2.05) is 16.8 Å². The summed E-state index contributed by atoms with van der Waals surface area (Å²) in [7, 11) is 1.74. The highest BCUT2D eigenvalue weighted by Crippen LogP contribution is 2.17. The molecule has 0 spiro atoms. The third-order valence-electron chi connectivity index (χ3n) is 2.36. The van der Waals surface area contributed by atoms with Crippen molar-refractivity contribution >= 4 is 40.4 Å². The molecule has 0 aliphatic rings. The van der Waals surface area contributed by atoms with Gasteiger partial charge in [0, 0.05) is 19.2 Å². The molecule has 18 heavy (non-hydrogen) atoms. The normalized spacial score (nSPS) is 10.4. The number of thiophene rings is 1. The Morgan fingerprint density at radius 1 is 1.39 bits per heavy atom. The van der Waals surface area contributed by atoms with E-state index in [-0.39, 0.29) is 16.2 Å². The molecular weight excluding hydrogens is 291 g/mol. The van der Waals surface area contributed by atoms with Gasteiger partial charge in [0.25, 0.3) is 5.91 Å². The largest absolute Gasteiger partial charge is 0.337 e.